The van der Waals surface area contributed by atoms with Crippen molar-refractivity contribution in [2.24, 2.45) is 11.8 Å². The van der Waals surface area contributed by atoms with Crippen LogP contribution in [0.3, 0.4) is 0 Å². The maximum atomic E-state index is 12.6. The van der Waals surface area contributed by atoms with Crippen LogP contribution in [0, 0.1) is 11.8 Å². The molecular formula is C24H31N3O3. The highest BCUT2D eigenvalue weighted by molar-refractivity contribution is 5.79. The van der Waals surface area contributed by atoms with Crippen LogP contribution in [-0.4, -0.2) is 53.7 Å². The first kappa shape index (κ1) is 20.8. The Kier molecular flexibility index (Phi) is 6.97. The van der Waals surface area contributed by atoms with Gasteiger partial charge in [-0.05, 0) is 66.6 Å². The van der Waals surface area contributed by atoms with E-state index in [0.29, 0.717) is 13.2 Å². The van der Waals surface area contributed by atoms with E-state index in [9.17, 15) is 4.79 Å². The van der Waals surface area contributed by atoms with Crippen molar-refractivity contribution in [2.75, 3.05) is 32.8 Å². The summed E-state index contributed by atoms with van der Waals surface area (Å²) in [7, 11) is 0. The van der Waals surface area contributed by atoms with Crippen LogP contribution in [0.2, 0.25) is 0 Å². The standard InChI is InChI=1S/C24H31N3O3/c28-11-10-26-24(29)22-12-19(15-27(16-22)14-18-6-8-25-9-7-18)17-30-23-5-4-20-2-1-3-21(20)13-23/h4-9,13,19,22,28H,1-3,10-12,14-17H2,(H,26,29)/t19-,22+/m0/s1. The van der Waals surface area contributed by atoms with Crippen molar-refractivity contribution < 1.29 is 14.6 Å². The Morgan fingerprint density at radius 3 is 2.83 bits per heavy atom. The molecule has 0 radical (unpaired) electrons. The molecular weight excluding hydrogens is 378 g/mol. The number of amides is 1. The predicted molar refractivity (Wildman–Crippen MR) is 115 cm³/mol. The van der Waals surface area contributed by atoms with Crippen LogP contribution in [0.5, 0.6) is 5.75 Å². The molecule has 30 heavy (non-hydrogen) atoms. The number of carbonyl (C=O) groups excluding carboxylic acids is 1. The summed E-state index contributed by atoms with van der Waals surface area (Å²) in [6.07, 6.45) is 7.96. The molecule has 0 spiro atoms. The Hall–Kier alpha value is -2.44. The van der Waals surface area contributed by atoms with Crippen LogP contribution in [-0.2, 0) is 24.2 Å². The molecule has 1 aliphatic carbocycles. The van der Waals surface area contributed by atoms with Gasteiger partial charge in [-0.2, -0.15) is 0 Å². The van der Waals surface area contributed by atoms with Gasteiger partial charge in [-0.3, -0.25) is 14.7 Å². The van der Waals surface area contributed by atoms with Crippen LogP contribution in [0.1, 0.15) is 29.5 Å². The van der Waals surface area contributed by atoms with Crippen molar-refractivity contribution in [1.82, 2.24) is 15.2 Å². The van der Waals surface area contributed by atoms with E-state index in [-0.39, 0.29) is 24.3 Å². The molecule has 1 aromatic heterocycles. The average Bonchev–Trinajstić information content (AvgIpc) is 3.24. The van der Waals surface area contributed by atoms with Gasteiger partial charge in [0.15, 0.2) is 0 Å². The summed E-state index contributed by atoms with van der Waals surface area (Å²) in [5.41, 5.74) is 4.06. The van der Waals surface area contributed by atoms with E-state index in [0.717, 1.165) is 38.2 Å². The highest BCUT2D eigenvalue weighted by Crippen LogP contribution is 2.28. The first-order chi connectivity index (χ1) is 14.7. The molecule has 0 bridgehead atoms. The fourth-order valence-corrected chi connectivity index (χ4v) is 4.66. The number of rotatable bonds is 8. The van der Waals surface area contributed by atoms with Crippen LogP contribution in [0.25, 0.3) is 0 Å². The third-order valence-corrected chi connectivity index (χ3v) is 6.11. The fraction of sp³-hybridized carbons (Fsp3) is 0.500. The summed E-state index contributed by atoms with van der Waals surface area (Å²) >= 11 is 0. The van der Waals surface area contributed by atoms with Crippen molar-refractivity contribution >= 4 is 5.91 Å². The van der Waals surface area contributed by atoms with Crippen LogP contribution in [0.4, 0.5) is 0 Å². The minimum atomic E-state index is -0.0965. The summed E-state index contributed by atoms with van der Waals surface area (Å²) in [6, 6.07) is 10.5. The molecule has 4 rings (SSSR count). The molecule has 2 aliphatic rings. The Morgan fingerprint density at radius 1 is 1.17 bits per heavy atom. The highest BCUT2D eigenvalue weighted by atomic mass is 16.5. The molecule has 1 saturated heterocycles. The number of pyridine rings is 1. The lowest BCUT2D eigenvalue weighted by Crippen LogP contribution is -2.47. The molecule has 6 heteroatoms. The van der Waals surface area contributed by atoms with Crippen LogP contribution < -0.4 is 10.1 Å². The van der Waals surface area contributed by atoms with Gasteiger partial charge >= 0.3 is 0 Å². The molecule has 0 unspecified atom stereocenters. The van der Waals surface area contributed by atoms with Gasteiger partial charge in [0.2, 0.25) is 5.91 Å². The zero-order chi connectivity index (χ0) is 20.8. The predicted octanol–water partition coefficient (Wildman–Crippen LogP) is 2.20. The van der Waals surface area contributed by atoms with E-state index in [2.05, 4.69) is 33.4 Å². The zero-order valence-electron chi connectivity index (χ0n) is 17.4. The maximum Gasteiger partial charge on any atom is 0.224 e. The number of benzene rings is 1. The summed E-state index contributed by atoms with van der Waals surface area (Å²) in [4.78, 5) is 19.0. The molecule has 160 valence electrons. The normalized spacial score (nSPS) is 21.2. The van der Waals surface area contributed by atoms with Gasteiger partial charge in [-0.1, -0.05) is 6.07 Å². The first-order valence-corrected chi connectivity index (χ1v) is 11.0. The summed E-state index contributed by atoms with van der Waals surface area (Å²) < 4.78 is 6.17. The van der Waals surface area contributed by atoms with Gasteiger partial charge in [0.05, 0.1) is 19.1 Å². The molecule has 2 heterocycles. The topological polar surface area (TPSA) is 74.7 Å². The SMILES string of the molecule is O=C(NCCO)[C@@H]1C[C@H](COc2ccc3c(c2)CCC3)CN(Cc2ccncc2)C1. The maximum absolute atomic E-state index is 12.6. The average molecular weight is 410 g/mol. The second-order valence-corrected chi connectivity index (χ2v) is 8.46. The van der Waals surface area contributed by atoms with Crippen molar-refractivity contribution in [3.63, 3.8) is 0 Å². The third kappa shape index (κ3) is 5.37. The van der Waals surface area contributed by atoms with E-state index in [1.54, 1.807) is 12.4 Å². The number of nitrogens with one attached hydrogen (secondary N) is 1. The third-order valence-electron chi connectivity index (χ3n) is 6.11. The first-order valence-electron chi connectivity index (χ1n) is 11.0. The van der Waals surface area contributed by atoms with E-state index in [1.807, 2.05) is 12.1 Å². The minimum absolute atomic E-state index is 0.0195. The number of nitrogens with zero attached hydrogens (tertiary/aromatic N) is 2. The quantitative estimate of drug-likeness (QED) is 0.699. The molecule has 1 aliphatic heterocycles. The van der Waals surface area contributed by atoms with Crippen LogP contribution in [0.15, 0.2) is 42.7 Å². The number of carbonyl (C=O) groups is 1. The van der Waals surface area contributed by atoms with Crippen molar-refractivity contribution in [1.29, 1.82) is 0 Å². The molecule has 0 saturated carbocycles. The summed E-state index contributed by atoms with van der Waals surface area (Å²) in [5.74, 6) is 1.13. The van der Waals surface area contributed by atoms with E-state index in [4.69, 9.17) is 9.84 Å². The van der Waals surface area contributed by atoms with Gasteiger partial charge in [-0.15, -0.1) is 0 Å². The number of likely N-dealkylation sites (tertiary alicyclic amines) is 1. The highest BCUT2D eigenvalue weighted by Gasteiger charge is 2.32. The molecule has 2 atom stereocenters. The molecule has 1 fully saturated rings. The molecule has 1 amide bonds. The zero-order valence-corrected chi connectivity index (χ0v) is 17.4. The number of hydrogen-bond acceptors (Lipinski definition) is 5. The number of fused-ring (bicyclic) bond motifs is 1. The Bertz CT molecular complexity index is 843. The molecule has 1 aromatic carbocycles. The van der Waals surface area contributed by atoms with E-state index in [1.165, 1.54) is 29.5 Å². The Morgan fingerprint density at radius 2 is 2.00 bits per heavy atom. The number of piperidine rings is 1. The lowest BCUT2D eigenvalue weighted by molar-refractivity contribution is -0.128. The van der Waals surface area contributed by atoms with Crippen molar-refractivity contribution in [2.45, 2.75) is 32.2 Å². The molecule has 2 N–H and O–H groups in total. The fourth-order valence-electron chi connectivity index (χ4n) is 4.66. The van der Waals surface area contributed by atoms with Gasteiger partial charge in [0.25, 0.3) is 0 Å². The van der Waals surface area contributed by atoms with E-state index >= 15 is 0 Å². The largest absolute Gasteiger partial charge is 0.493 e. The monoisotopic (exact) mass is 409 g/mol. The van der Waals surface area contributed by atoms with Gasteiger partial charge in [-0.25, -0.2) is 0 Å². The smallest absolute Gasteiger partial charge is 0.224 e. The second-order valence-electron chi connectivity index (χ2n) is 8.46. The van der Waals surface area contributed by atoms with Crippen molar-refractivity contribution in [3.05, 3.63) is 59.4 Å². The lowest BCUT2D eigenvalue weighted by atomic mass is 9.88. The summed E-state index contributed by atoms with van der Waals surface area (Å²) in [6.45, 7) is 3.28. The Balaban J connectivity index is 1.40. The molecule has 6 nitrogen and oxygen atoms in total. The molecule has 2 aromatic rings. The Labute approximate surface area is 178 Å². The number of aryl methyl sites for hydroxylation is 2. The minimum Gasteiger partial charge on any atom is -0.493 e. The number of aliphatic hydroxyl groups is 1. The van der Waals surface area contributed by atoms with E-state index < -0.39 is 0 Å². The number of ether oxygens (including phenoxy) is 1. The van der Waals surface area contributed by atoms with Gasteiger partial charge in [0, 0.05) is 44.5 Å². The second kappa shape index (κ2) is 10.0. The van der Waals surface area contributed by atoms with Gasteiger partial charge < -0.3 is 15.2 Å². The number of aromatic nitrogens is 1. The number of aliphatic hydroxyl groups excluding tert-OH is 1. The van der Waals surface area contributed by atoms with Crippen LogP contribution >= 0.6 is 0 Å². The lowest BCUT2D eigenvalue weighted by Gasteiger charge is -2.37. The summed E-state index contributed by atoms with van der Waals surface area (Å²) in [5, 5.41) is 11.9. The van der Waals surface area contributed by atoms with Gasteiger partial charge in [0.1, 0.15) is 5.75 Å². The van der Waals surface area contributed by atoms with Crippen molar-refractivity contribution in [3.8, 4) is 5.75 Å². The number of hydrogen-bond donors (Lipinski definition) is 2.